The molecule has 23 heavy (non-hydrogen) atoms. The van der Waals surface area contributed by atoms with Gasteiger partial charge in [-0.1, -0.05) is 18.2 Å². The molecule has 5 nitrogen and oxygen atoms in total. The van der Waals surface area contributed by atoms with Crippen molar-refractivity contribution in [2.75, 3.05) is 5.75 Å². The largest absolute Gasteiger partial charge is 0.441 e. The summed E-state index contributed by atoms with van der Waals surface area (Å²) in [6.07, 6.45) is 0. The minimum Gasteiger partial charge on any atom is -0.441 e. The highest BCUT2D eigenvalue weighted by Gasteiger charge is 2.17. The third-order valence-corrected chi connectivity index (χ3v) is 4.49. The fourth-order valence-electron chi connectivity index (χ4n) is 2.20. The molecule has 0 aliphatic heterocycles. The monoisotopic (exact) mass is 334 g/mol. The second-order valence-electron chi connectivity index (χ2n) is 5.79. The number of carbonyl (C=O) groups is 1. The molecule has 0 saturated carbocycles. The Morgan fingerprint density at radius 1 is 1.30 bits per heavy atom. The van der Waals surface area contributed by atoms with Crippen molar-refractivity contribution >= 4 is 16.7 Å². The lowest BCUT2D eigenvalue weighted by molar-refractivity contribution is -0.119. The first kappa shape index (κ1) is 17.4. The molecule has 1 heterocycles. The van der Waals surface area contributed by atoms with Gasteiger partial charge in [-0.3, -0.25) is 9.00 Å². The molecule has 1 amide bonds. The van der Waals surface area contributed by atoms with Gasteiger partial charge in [0.2, 0.25) is 11.8 Å². The molecule has 2 rings (SSSR count). The number of hydrogen-bond acceptors (Lipinski definition) is 4. The van der Waals surface area contributed by atoms with Crippen molar-refractivity contribution in [1.82, 2.24) is 10.3 Å². The van der Waals surface area contributed by atoms with Gasteiger partial charge in [-0.05, 0) is 39.3 Å². The molecular formula is C17H22N2O3S. The number of nitrogens with one attached hydrogen (secondary N) is 1. The summed E-state index contributed by atoms with van der Waals surface area (Å²) in [6.45, 7) is 7.53. The van der Waals surface area contributed by atoms with Crippen molar-refractivity contribution in [1.29, 1.82) is 0 Å². The Hall–Kier alpha value is -1.95. The second-order valence-corrected chi connectivity index (χ2v) is 7.24. The standard InChI is InChI=1S/C17H22N2O3S/c1-11(2)18-16(20)10-23(21)9-15-13(4)22-17(19-15)14-8-6-5-7-12(14)3/h5-8,11H,9-10H2,1-4H3,(H,18,20)/t23-/m1/s1. The summed E-state index contributed by atoms with van der Waals surface area (Å²) in [4.78, 5) is 16.1. The van der Waals surface area contributed by atoms with Gasteiger partial charge in [0.05, 0.1) is 11.4 Å². The number of benzene rings is 1. The Kier molecular flexibility index (Phi) is 5.71. The Morgan fingerprint density at radius 3 is 2.65 bits per heavy atom. The second kappa shape index (κ2) is 7.55. The van der Waals surface area contributed by atoms with E-state index in [0.29, 0.717) is 17.3 Å². The van der Waals surface area contributed by atoms with Crippen LogP contribution in [0.2, 0.25) is 0 Å². The third kappa shape index (κ3) is 4.76. The van der Waals surface area contributed by atoms with Gasteiger partial charge in [0.15, 0.2) is 0 Å². The molecule has 0 aliphatic rings. The van der Waals surface area contributed by atoms with Gasteiger partial charge in [-0.25, -0.2) is 4.98 Å². The average molecular weight is 334 g/mol. The van der Waals surface area contributed by atoms with Crippen LogP contribution in [0.3, 0.4) is 0 Å². The van der Waals surface area contributed by atoms with Crippen LogP contribution >= 0.6 is 0 Å². The molecule has 0 unspecified atom stereocenters. The first-order chi connectivity index (χ1) is 10.9. The lowest BCUT2D eigenvalue weighted by Gasteiger charge is -2.07. The molecule has 6 heteroatoms. The highest BCUT2D eigenvalue weighted by molar-refractivity contribution is 7.84. The summed E-state index contributed by atoms with van der Waals surface area (Å²) in [6, 6.07) is 7.86. The number of aromatic nitrogens is 1. The van der Waals surface area contributed by atoms with Gasteiger partial charge in [0.1, 0.15) is 11.5 Å². The van der Waals surface area contributed by atoms with E-state index >= 15 is 0 Å². The van der Waals surface area contributed by atoms with Crippen LogP contribution < -0.4 is 5.32 Å². The van der Waals surface area contributed by atoms with Crippen LogP contribution in [0.1, 0.15) is 30.9 Å². The smallest absolute Gasteiger partial charge is 0.232 e. The van der Waals surface area contributed by atoms with Gasteiger partial charge in [0, 0.05) is 22.4 Å². The highest BCUT2D eigenvalue weighted by Crippen LogP contribution is 2.25. The lowest BCUT2D eigenvalue weighted by atomic mass is 10.1. The first-order valence-corrected chi connectivity index (χ1v) is 9.02. The van der Waals surface area contributed by atoms with Crippen LogP contribution in [0.25, 0.3) is 11.5 Å². The number of amides is 1. The summed E-state index contributed by atoms with van der Waals surface area (Å²) < 4.78 is 17.8. The van der Waals surface area contributed by atoms with E-state index in [2.05, 4.69) is 10.3 Å². The number of carbonyl (C=O) groups excluding carboxylic acids is 1. The van der Waals surface area contributed by atoms with E-state index in [0.717, 1.165) is 11.1 Å². The normalized spacial score (nSPS) is 12.4. The van der Waals surface area contributed by atoms with Crippen LogP contribution in [0.5, 0.6) is 0 Å². The molecule has 124 valence electrons. The maximum atomic E-state index is 12.1. The zero-order chi connectivity index (χ0) is 17.0. The molecule has 1 aromatic carbocycles. The third-order valence-electron chi connectivity index (χ3n) is 3.31. The fraction of sp³-hybridized carbons (Fsp3) is 0.412. The quantitative estimate of drug-likeness (QED) is 0.881. The molecule has 0 radical (unpaired) electrons. The van der Waals surface area contributed by atoms with Crippen molar-refractivity contribution in [2.24, 2.45) is 0 Å². The zero-order valence-electron chi connectivity index (χ0n) is 13.9. The van der Waals surface area contributed by atoms with Crippen LogP contribution in [0.4, 0.5) is 0 Å². The zero-order valence-corrected chi connectivity index (χ0v) is 14.7. The predicted molar refractivity (Wildman–Crippen MR) is 91.4 cm³/mol. The van der Waals surface area contributed by atoms with E-state index in [1.54, 1.807) is 6.92 Å². The van der Waals surface area contributed by atoms with Gasteiger partial charge in [0.25, 0.3) is 0 Å². The SMILES string of the molecule is Cc1ccccc1-c1nc(C[S@@](=O)CC(=O)NC(C)C)c(C)o1. The number of rotatable bonds is 6. The Balaban J connectivity index is 2.09. The fourth-order valence-corrected chi connectivity index (χ4v) is 3.25. The van der Waals surface area contributed by atoms with Crippen LogP contribution in [0.15, 0.2) is 28.7 Å². The molecular weight excluding hydrogens is 312 g/mol. The summed E-state index contributed by atoms with van der Waals surface area (Å²) >= 11 is 0. The van der Waals surface area contributed by atoms with Crippen molar-refractivity contribution in [3.05, 3.63) is 41.3 Å². The first-order valence-electron chi connectivity index (χ1n) is 7.53. The predicted octanol–water partition coefficient (Wildman–Crippen LogP) is 2.73. The van der Waals surface area contributed by atoms with Gasteiger partial charge >= 0.3 is 0 Å². The highest BCUT2D eigenvalue weighted by atomic mass is 32.2. The molecule has 2 aromatic rings. The van der Waals surface area contributed by atoms with Gasteiger partial charge < -0.3 is 9.73 Å². The molecule has 1 atom stereocenters. The molecule has 0 bridgehead atoms. The summed E-state index contributed by atoms with van der Waals surface area (Å²) in [5, 5.41) is 2.74. The van der Waals surface area contributed by atoms with E-state index in [1.165, 1.54) is 0 Å². The van der Waals surface area contributed by atoms with E-state index in [1.807, 2.05) is 45.0 Å². The maximum absolute atomic E-state index is 12.1. The van der Waals surface area contributed by atoms with Crippen molar-refractivity contribution < 1.29 is 13.4 Å². The van der Waals surface area contributed by atoms with Crippen LogP contribution in [-0.4, -0.2) is 26.9 Å². The number of hydrogen-bond donors (Lipinski definition) is 1. The number of oxazole rings is 1. The minimum atomic E-state index is -1.31. The van der Waals surface area contributed by atoms with Crippen molar-refractivity contribution in [3.8, 4) is 11.5 Å². The number of aryl methyl sites for hydroxylation is 2. The van der Waals surface area contributed by atoms with E-state index in [9.17, 15) is 9.00 Å². The van der Waals surface area contributed by atoms with Crippen molar-refractivity contribution in [2.45, 2.75) is 39.5 Å². The van der Waals surface area contributed by atoms with E-state index in [-0.39, 0.29) is 23.5 Å². The molecule has 1 aromatic heterocycles. The molecule has 0 fully saturated rings. The van der Waals surface area contributed by atoms with Crippen LogP contribution in [0, 0.1) is 13.8 Å². The average Bonchev–Trinajstić information content (AvgIpc) is 2.79. The molecule has 1 N–H and O–H groups in total. The number of nitrogens with zero attached hydrogens (tertiary/aromatic N) is 1. The summed E-state index contributed by atoms with van der Waals surface area (Å²) in [5.41, 5.74) is 2.63. The Labute approximate surface area is 139 Å². The molecule has 0 saturated heterocycles. The molecule has 0 aliphatic carbocycles. The van der Waals surface area contributed by atoms with Gasteiger partial charge in [-0.15, -0.1) is 0 Å². The molecule has 0 spiro atoms. The van der Waals surface area contributed by atoms with Gasteiger partial charge in [-0.2, -0.15) is 0 Å². The lowest BCUT2D eigenvalue weighted by Crippen LogP contribution is -2.34. The van der Waals surface area contributed by atoms with E-state index < -0.39 is 10.8 Å². The topological polar surface area (TPSA) is 72.2 Å². The Morgan fingerprint density at radius 2 is 2.00 bits per heavy atom. The van der Waals surface area contributed by atoms with Crippen LogP contribution in [-0.2, 0) is 21.3 Å². The minimum absolute atomic E-state index is 0.0236. The summed E-state index contributed by atoms with van der Waals surface area (Å²) in [7, 11) is -1.31. The Bertz CT molecular complexity index is 722. The summed E-state index contributed by atoms with van der Waals surface area (Å²) in [5.74, 6) is 1.15. The maximum Gasteiger partial charge on any atom is 0.232 e. The van der Waals surface area contributed by atoms with Crippen molar-refractivity contribution in [3.63, 3.8) is 0 Å². The van der Waals surface area contributed by atoms with E-state index in [4.69, 9.17) is 4.42 Å².